The fourth-order valence-corrected chi connectivity index (χ4v) is 6.13. The van der Waals surface area contributed by atoms with Crippen molar-refractivity contribution in [1.29, 1.82) is 0 Å². The van der Waals surface area contributed by atoms with Gasteiger partial charge in [-0.25, -0.2) is 0 Å². The van der Waals surface area contributed by atoms with E-state index in [1.165, 1.54) is 62.5 Å². The van der Waals surface area contributed by atoms with Gasteiger partial charge in [0.2, 0.25) is 0 Å². The first-order chi connectivity index (χ1) is 14.4. The number of hydrogen-bond acceptors (Lipinski definition) is 2. The van der Waals surface area contributed by atoms with E-state index in [-0.39, 0.29) is 11.8 Å². The summed E-state index contributed by atoms with van der Waals surface area (Å²) in [6.07, 6.45) is 9.70. The summed E-state index contributed by atoms with van der Waals surface area (Å²) < 4.78 is 0. The van der Waals surface area contributed by atoms with Crippen molar-refractivity contribution in [2.45, 2.75) is 96.8 Å². The maximum absolute atomic E-state index is 11.4. The fraction of sp³-hybridized carbons (Fsp3) is 0.571. The molecular weight excluding hydrogens is 368 g/mol. The van der Waals surface area contributed by atoms with Gasteiger partial charge in [-0.05, 0) is 68.4 Å². The van der Waals surface area contributed by atoms with Gasteiger partial charge in [-0.15, -0.1) is 0 Å². The molecular formula is C28H38O2. The van der Waals surface area contributed by atoms with E-state index < -0.39 is 0 Å². The van der Waals surface area contributed by atoms with Gasteiger partial charge in [0.05, 0.1) is 0 Å². The standard InChI is InChI=1S/C28H38O2/c1-17(2)26(24-15-18(3)13-22(27(24)29)20-9-5-6-10-20)25-16-19(4)14-23(28(25)30)21-11-7-8-12-21/h13-17,20-21,26,29-30H,5-12H2,1-4H3. The van der Waals surface area contributed by atoms with E-state index in [9.17, 15) is 10.2 Å². The average Bonchev–Trinajstić information content (AvgIpc) is 3.40. The van der Waals surface area contributed by atoms with Gasteiger partial charge >= 0.3 is 0 Å². The number of hydrogen-bond donors (Lipinski definition) is 2. The van der Waals surface area contributed by atoms with Gasteiger partial charge in [0.1, 0.15) is 11.5 Å². The van der Waals surface area contributed by atoms with E-state index in [2.05, 4.69) is 52.0 Å². The number of benzene rings is 2. The minimum Gasteiger partial charge on any atom is -0.507 e. The van der Waals surface area contributed by atoms with Crippen molar-refractivity contribution < 1.29 is 10.2 Å². The van der Waals surface area contributed by atoms with E-state index in [0.717, 1.165) is 22.3 Å². The molecule has 0 unspecified atom stereocenters. The second-order valence-corrected chi connectivity index (χ2v) is 10.3. The minimum absolute atomic E-state index is 0.00916. The van der Waals surface area contributed by atoms with Gasteiger partial charge in [0.15, 0.2) is 0 Å². The number of phenols is 2. The summed E-state index contributed by atoms with van der Waals surface area (Å²) in [6, 6.07) is 8.67. The zero-order valence-electron chi connectivity index (χ0n) is 19.2. The predicted molar refractivity (Wildman–Crippen MR) is 125 cm³/mol. The van der Waals surface area contributed by atoms with E-state index >= 15 is 0 Å². The van der Waals surface area contributed by atoms with Crippen molar-refractivity contribution >= 4 is 0 Å². The van der Waals surface area contributed by atoms with Crippen LogP contribution in [0.3, 0.4) is 0 Å². The Labute approximate surface area is 182 Å². The van der Waals surface area contributed by atoms with E-state index in [0.29, 0.717) is 23.3 Å². The third-order valence-corrected chi connectivity index (χ3v) is 7.55. The van der Waals surface area contributed by atoms with Crippen LogP contribution >= 0.6 is 0 Å². The summed E-state index contributed by atoms with van der Waals surface area (Å²) >= 11 is 0. The first kappa shape index (κ1) is 21.3. The Hall–Kier alpha value is -1.96. The van der Waals surface area contributed by atoms with Gasteiger partial charge in [-0.1, -0.05) is 74.9 Å². The molecule has 2 aliphatic carbocycles. The minimum atomic E-state index is -0.00916. The molecule has 0 bridgehead atoms. The van der Waals surface area contributed by atoms with Crippen LogP contribution in [-0.2, 0) is 0 Å². The highest BCUT2D eigenvalue weighted by Gasteiger charge is 2.31. The lowest BCUT2D eigenvalue weighted by atomic mass is 9.77. The molecule has 0 aliphatic heterocycles. The van der Waals surface area contributed by atoms with Gasteiger partial charge in [-0.2, -0.15) is 0 Å². The van der Waals surface area contributed by atoms with Crippen LogP contribution in [0.15, 0.2) is 24.3 Å². The molecule has 2 nitrogen and oxygen atoms in total. The first-order valence-corrected chi connectivity index (χ1v) is 12.0. The third kappa shape index (κ3) is 3.98. The summed E-state index contributed by atoms with van der Waals surface area (Å²) in [5, 5.41) is 22.8. The fourth-order valence-electron chi connectivity index (χ4n) is 6.13. The SMILES string of the molecule is Cc1cc(C2CCCC2)c(O)c(C(c2cc(C)cc(C3CCCC3)c2O)C(C)C)c1. The van der Waals surface area contributed by atoms with E-state index in [1.807, 2.05) is 0 Å². The maximum atomic E-state index is 11.4. The van der Waals surface area contributed by atoms with Crippen LogP contribution in [-0.4, -0.2) is 10.2 Å². The lowest BCUT2D eigenvalue weighted by molar-refractivity contribution is 0.423. The van der Waals surface area contributed by atoms with Crippen LogP contribution < -0.4 is 0 Å². The van der Waals surface area contributed by atoms with Crippen molar-refractivity contribution in [2.75, 3.05) is 0 Å². The van der Waals surface area contributed by atoms with E-state index in [4.69, 9.17) is 0 Å². The molecule has 2 fully saturated rings. The summed E-state index contributed by atoms with van der Waals surface area (Å²) in [5.41, 5.74) is 6.64. The highest BCUT2D eigenvalue weighted by Crippen LogP contribution is 2.49. The van der Waals surface area contributed by atoms with Crippen LogP contribution in [0.25, 0.3) is 0 Å². The highest BCUT2D eigenvalue weighted by atomic mass is 16.3. The zero-order valence-corrected chi connectivity index (χ0v) is 19.2. The van der Waals surface area contributed by atoms with Crippen molar-refractivity contribution in [1.82, 2.24) is 0 Å². The van der Waals surface area contributed by atoms with Crippen molar-refractivity contribution in [2.24, 2.45) is 5.92 Å². The molecule has 0 spiro atoms. The Kier molecular flexibility index (Phi) is 6.14. The Morgan fingerprint density at radius 3 is 1.37 bits per heavy atom. The Morgan fingerprint density at radius 2 is 1.03 bits per heavy atom. The van der Waals surface area contributed by atoms with Gasteiger partial charge in [-0.3, -0.25) is 0 Å². The summed E-state index contributed by atoms with van der Waals surface area (Å²) in [7, 11) is 0. The topological polar surface area (TPSA) is 40.5 Å². The maximum Gasteiger partial charge on any atom is 0.122 e. The predicted octanol–water partition coefficient (Wildman–Crippen LogP) is 7.82. The lowest BCUT2D eigenvalue weighted by Gasteiger charge is -2.28. The third-order valence-electron chi connectivity index (χ3n) is 7.55. The Balaban J connectivity index is 1.84. The molecule has 2 saturated carbocycles. The molecule has 0 saturated heterocycles. The van der Waals surface area contributed by atoms with Crippen molar-refractivity contribution in [3.05, 3.63) is 57.6 Å². The largest absolute Gasteiger partial charge is 0.507 e. The van der Waals surface area contributed by atoms with Crippen LogP contribution in [0.5, 0.6) is 11.5 Å². The summed E-state index contributed by atoms with van der Waals surface area (Å²) in [6.45, 7) is 8.69. The second kappa shape index (κ2) is 8.65. The number of aryl methyl sites for hydroxylation is 2. The first-order valence-electron chi connectivity index (χ1n) is 12.0. The van der Waals surface area contributed by atoms with Crippen molar-refractivity contribution in [3.8, 4) is 11.5 Å². The normalized spacial score (nSPS) is 18.2. The lowest BCUT2D eigenvalue weighted by Crippen LogP contribution is -2.12. The quantitative estimate of drug-likeness (QED) is 0.531. The number of phenolic OH excluding ortho intramolecular Hbond substituents is 2. The number of rotatable bonds is 5. The molecule has 2 aromatic carbocycles. The molecule has 0 atom stereocenters. The van der Waals surface area contributed by atoms with Crippen LogP contribution in [0.2, 0.25) is 0 Å². The monoisotopic (exact) mass is 406 g/mol. The molecule has 0 amide bonds. The molecule has 0 radical (unpaired) electrons. The van der Waals surface area contributed by atoms with Crippen LogP contribution in [0.4, 0.5) is 0 Å². The molecule has 2 aromatic rings. The molecule has 2 heteroatoms. The van der Waals surface area contributed by atoms with Crippen molar-refractivity contribution in [3.63, 3.8) is 0 Å². The number of aromatic hydroxyl groups is 2. The van der Waals surface area contributed by atoms with Crippen LogP contribution in [0.1, 0.15) is 116 Å². The molecule has 2 N–H and O–H groups in total. The highest BCUT2D eigenvalue weighted by molar-refractivity contribution is 5.55. The second-order valence-electron chi connectivity index (χ2n) is 10.3. The Morgan fingerprint density at radius 1 is 0.667 bits per heavy atom. The Bertz CT molecular complexity index is 828. The molecule has 162 valence electrons. The molecule has 0 heterocycles. The van der Waals surface area contributed by atoms with Gasteiger partial charge in [0, 0.05) is 17.0 Å². The molecule has 2 aliphatic rings. The summed E-state index contributed by atoms with van der Waals surface area (Å²) in [5.74, 6) is 2.14. The van der Waals surface area contributed by atoms with Gasteiger partial charge < -0.3 is 10.2 Å². The average molecular weight is 407 g/mol. The molecule has 4 rings (SSSR count). The molecule has 30 heavy (non-hydrogen) atoms. The van der Waals surface area contributed by atoms with Crippen LogP contribution in [0, 0.1) is 19.8 Å². The summed E-state index contributed by atoms with van der Waals surface area (Å²) in [4.78, 5) is 0. The zero-order chi connectivity index (χ0) is 21.4. The smallest absolute Gasteiger partial charge is 0.122 e. The molecule has 0 aromatic heterocycles. The van der Waals surface area contributed by atoms with E-state index in [1.54, 1.807) is 0 Å². The van der Waals surface area contributed by atoms with Gasteiger partial charge in [0.25, 0.3) is 0 Å².